The second-order valence-electron chi connectivity index (χ2n) is 9.02. The predicted octanol–water partition coefficient (Wildman–Crippen LogP) is 6.05. The van der Waals surface area contributed by atoms with Crippen LogP contribution in [0.25, 0.3) is 10.8 Å². The van der Waals surface area contributed by atoms with E-state index in [4.69, 9.17) is 9.47 Å². The highest BCUT2D eigenvalue weighted by Crippen LogP contribution is 2.50. The number of aromatic nitrogens is 1. The highest BCUT2D eigenvalue weighted by Gasteiger charge is 2.48. The van der Waals surface area contributed by atoms with Crippen molar-refractivity contribution in [2.75, 3.05) is 0 Å². The smallest absolute Gasteiger partial charge is 0.260 e. The Morgan fingerprint density at radius 2 is 1.90 bits per heavy atom. The minimum absolute atomic E-state index is 0.0264. The molecule has 2 atom stereocenters. The molecule has 0 saturated carbocycles. The lowest BCUT2D eigenvalue weighted by Gasteiger charge is -2.47. The first kappa shape index (κ1) is 20.3. The topological polar surface area (TPSA) is 40.5 Å². The highest BCUT2D eigenvalue weighted by atomic mass is 16.7. The Morgan fingerprint density at radius 1 is 1.10 bits per heavy atom. The summed E-state index contributed by atoms with van der Waals surface area (Å²) in [6.07, 6.45) is 5.27. The molecule has 0 amide bonds. The first-order chi connectivity index (χ1) is 15.1. The first-order valence-corrected chi connectivity index (χ1v) is 11.7. The van der Waals surface area contributed by atoms with Crippen LogP contribution >= 0.6 is 0 Å². The molecule has 2 bridgehead atoms. The molecule has 4 nitrogen and oxygen atoms in total. The number of nitrogens with zero attached hydrogens (tertiary/aromatic N) is 1. The maximum absolute atomic E-state index is 13.6. The van der Waals surface area contributed by atoms with E-state index < -0.39 is 5.79 Å². The predicted molar refractivity (Wildman–Crippen MR) is 124 cm³/mol. The molecule has 5 rings (SSSR count). The Kier molecular flexibility index (Phi) is 5.13. The van der Waals surface area contributed by atoms with Gasteiger partial charge in [0.1, 0.15) is 11.9 Å². The highest BCUT2D eigenvalue weighted by molar-refractivity contribution is 5.87. The van der Waals surface area contributed by atoms with E-state index in [0.717, 1.165) is 49.9 Å². The quantitative estimate of drug-likeness (QED) is 0.490. The van der Waals surface area contributed by atoms with E-state index in [0.29, 0.717) is 17.7 Å². The molecule has 0 N–H and O–H groups in total. The summed E-state index contributed by atoms with van der Waals surface area (Å²) in [6, 6.07) is 14.8. The largest absolute Gasteiger partial charge is 0.461 e. The zero-order valence-electron chi connectivity index (χ0n) is 18.7. The molecule has 2 aliphatic rings. The van der Waals surface area contributed by atoms with Gasteiger partial charge in [-0.25, -0.2) is 0 Å². The van der Waals surface area contributed by atoms with E-state index in [2.05, 4.69) is 56.3 Å². The van der Waals surface area contributed by atoms with Crippen molar-refractivity contribution >= 4 is 10.8 Å². The van der Waals surface area contributed by atoms with Gasteiger partial charge in [-0.3, -0.25) is 4.79 Å². The molecular weight excluding hydrogens is 386 g/mol. The summed E-state index contributed by atoms with van der Waals surface area (Å²) in [5, 5.41) is 2.45. The van der Waals surface area contributed by atoms with E-state index in [1.54, 1.807) is 0 Å². The van der Waals surface area contributed by atoms with Gasteiger partial charge in [0.15, 0.2) is 0 Å². The molecule has 4 heteroatoms. The van der Waals surface area contributed by atoms with Crippen molar-refractivity contribution in [1.29, 1.82) is 0 Å². The van der Waals surface area contributed by atoms with Crippen molar-refractivity contribution in [1.82, 2.24) is 4.57 Å². The van der Waals surface area contributed by atoms with Crippen LogP contribution in [0.4, 0.5) is 0 Å². The SMILES string of the molecule is CCCCn1c(C)cc2c(c1=O)[C@H]1O[C@](CCCC)(Cc3c1ccc1ccccc31)O2. The number of unbranched alkanes of at least 4 members (excludes halogenated alkanes) is 2. The monoisotopic (exact) mass is 417 g/mol. The van der Waals surface area contributed by atoms with Crippen molar-refractivity contribution in [2.45, 2.75) is 77.7 Å². The van der Waals surface area contributed by atoms with Crippen molar-refractivity contribution < 1.29 is 9.47 Å². The number of pyridine rings is 1. The molecule has 162 valence electrons. The summed E-state index contributed by atoms with van der Waals surface area (Å²) in [6.45, 7) is 7.07. The third-order valence-electron chi connectivity index (χ3n) is 6.85. The minimum atomic E-state index is -0.709. The number of hydrogen-bond acceptors (Lipinski definition) is 3. The Labute approximate surface area is 183 Å². The normalized spacial score (nSPS) is 21.5. The Balaban J connectivity index is 1.73. The summed E-state index contributed by atoms with van der Waals surface area (Å²) in [5.74, 6) is 0.000595. The lowest BCUT2D eigenvalue weighted by molar-refractivity contribution is -0.232. The van der Waals surface area contributed by atoms with E-state index in [1.165, 1.54) is 16.3 Å². The summed E-state index contributed by atoms with van der Waals surface area (Å²) < 4.78 is 15.1. The maximum Gasteiger partial charge on any atom is 0.260 e. The fourth-order valence-corrected chi connectivity index (χ4v) is 5.18. The summed E-state index contributed by atoms with van der Waals surface area (Å²) in [7, 11) is 0. The van der Waals surface area contributed by atoms with Gasteiger partial charge in [-0.1, -0.05) is 63.1 Å². The van der Waals surface area contributed by atoms with Gasteiger partial charge in [-0.05, 0) is 41.7 Å². The van der Waals surface area contributed by atoms with E-state index in [9.17, 15) is 4.79 Å². The average molecular weight is 418 g/mol. The maximum atomic E-state index is 13.6. The van der Waals surface area contributed by atoms with Crippen LogP contribution in [-0.4, -0.2) is 10.4 Å². The van der Waals surface area contributed by atoms with E-state index >= 15 is 0 Å². The lowest BCUT2D eigenvalue weighted by atomic mass is 9.83. The lowest BCUT2D eigenvalue weighted by Crippen LogP contribution is -2.51. The molecule has 0 unspecified atom stereocenters. The number of hydrogen-bond donors (Lipinski definition) is 0. The van der Waals surface area contributed by atoms with Gasteiger partial charge in [0.05, 0.1) is 5.56 Å². The first-order valence-electron chi connectivity index (χ1n) is 11.7. The molecular formula is C27H31NO3. The number of rotatable bonds is 6. The van der Waals surface area contributed by atoms with Gasteiger partial charge in [0.25, 0.3) is 5.56 Å². The summed E-state index contributed by atoms with van der Waals surface area (Å²) in [5.41, 5.74) is 4.01. The van der Waals surface area contributed by atoms with E-state index in [1.807, 2.05) is 11.5 Å². The van der Waals surface area contributed by atoms with Crippen LogP contribution in [0.5, 0.6) is 5.75 Å². The molecule has 0 radical (unpaired) electrons. The molecule has 0 saturated heterocycles. The second kappa shape index (κ2) is 7.83. The minimum Gasteiger partial charge on any atom is -0.461 e. The summed E-state index contributed by atoms with van der Waals surface area (Å²) in [4.78, 5) is 13.6. The molecule has 0 spiro atoms. The molecule has 2 aliphatic heterocycles. The zero-order valence-corrected chi connectivity index (χ0v) is 18.7. The van der Waals surface area contributed by atoms with E-state index in [-0.39, 0.29) is 11.7 Å². The van der Waals surface area contributed by atoms with Gasteiger partial charge in [0.2, 0.25) is 5.79 Å². The molecule has 2 aromatic carbocycles. The van der Waals surface area contributed by atoms with Crippen LogP contribution in [0.3, 0.4) is 0 Å². The van der Waals surface area contributed by atoms with Crippen LogP contribution in [0.15, 0.2) is 47.3 Å². The molecule has 3 heterocycles. The van der Waals surface area contributed by atoms with Crippen molar-refractivity contribution in [3.8, 4) is 5.75 Å². The Hall–Kier alpha value is -2.59. The van der Waals surface area contributed by atoms with Crippen LogP contribution in [0.1, 0.15) is 74.4 Å². The fraction of sp³-hybridized carbons (Fsp3) is 0.444. The molecule has 0 aliphatic carbocycles. The van der Waals surface area contributed by atoms with Crippen molar-refractivity contribution in [3.05, 3.63) is 75.2 Å². The Morgan fingerprint density at radius 3 is 2.71 bits per heavy atom. The second-order valence-corrected chi connectivity index (χ2v) is 9.02. The van der Waals surface area contributed by atoms with Crippen LogP contribution in [-0.2, 0) is 17.7 Å². The van der Waals surface area contributed by atoms with Crippen LogP contribution < -0.4 is 10.3 Å². The fourth-order valence-electron chi connectivity index (χ4n) is 5.18. The van der Waals surface area contributed by atoms with Crippen LogP contribution in [0, 0.1) is 6.92 Å². The van der Waals surface area contributed by atoms with Crippen molar-refractivity contribution in [2.24, 2.45) is 0 Å². The zero-order chi connectivity index (χ0) is 21.6. The van der Waals surface area contributed by atoms with Gasteiger partial charge in [-0.15, -0.1) is 0 Å². The van der Waals surface area contributed by atoms with Gasteiger partial charge in [-0.2, -0.15) is 0 Å². The summed E-state index contributed by atoms with van der Waals surface area (Å²) >= 11 is 0. The molecule has 0 fully saturated rings. The van der Waals surface area contributed by atoms with Gasteiger partial charge >= 0.3 is 0 Å². The average Bonchev–Trinajstić information content (AvgIpc) is 2.77. The molecule has 31 heavy (non-hydrogen) atoms. The van der Waals surface area contributed by atoms with Crippen LogP contribution in [0.2, 0.25) is 0 Å². The number of aryl methyl sites for hydroxylation is 1. The van der Waals surface area contributed by atoms with Gasteiger partial charge < -0.3 is 14.0 Å². The molecule has 1 aromatic heterocycles. The Bertz CT molecular complexity index is 1200. The number of fused-ring (bicyclic) bond motifs is 8. The van der Waals surface area contributed by atoms with Gasteiger partial charge in [0, 0.05) is 31.1 Å². The van der Waals surface area contributed by atoms with Crippen molar-refractivity contribution in [3.63, 3.8) is 0 Å². The standard InChI is InChI=1S/C27H31NO3/c1-4-6-14-27-17-22-20-11-9-8-10-19(20)12-13-21(22)25(31-27)24-23(30-27)16-18(3)28(26(24)29)15-7-5-2/h8-13,16,25H,4-7,14-15,17H2,1-3H3/t25-,27+/m0/s1. The molecule has 3 aromatic rings. The number of ether oxygens (including phenoxy) is 2. The third kappa shape index (κ3) is 3.28. The number of benzene rings is 2. The third-order valence-corrected chi connectivity index (χ3v) is 6.85.